The number of alkyl halides is 5. The Balaban J connectivity index is 1.73. The third-order valence-corrected chi connectivity index (χ3v) is 4.75. The largest absolute Gasteiger partial charge is 0.434 e. The minimum absolute atomic E-state index is 0.136. The third-order valence-electron chi connectivity index (χ3n) is 4.75. The van der Waals surface area contributed by atoms with E-state index in [-0.39, 0.29) is 31.7 Å². The van der Waals surface area contributed by atoms with Crippen LogP contribution in [0.1, 0.15) is 15.9 Å². The molecule has 0 aliphatic carbocycles. The van der Waals surface area contributed by atoms with E-state index in [9.17, 15) is 36.9 Å². The maximum atomic E-state index is 12.8. The zero-order valence-electron chi connectivity index (χ0n) is 15.8. The Labute approximate surface area is 172 Å². The fourth-order valence-electron chi connectivity index (χ4n) is 3.20. The van der Waals surface area contributed by atoms with E-state index in [1.165, 1.54) is 17.0 Å². The molecule has 2 aromatic carbocycles. The molecule has 0 atom stereocenters. The van der Waals surface area contributed by atoms with Gasteiger partial charge in [0.05, 0.1) is 16.1 Å². The summed E-state index contributed by atoms with van der Waals surface area (Å²) in [5, 5.41) is 11.0. The van der Waals surface area contributed by atoms with Crippen LogP contribution in [0.3, 0.4) is 0 Å². The second kappa shape index (κ2) is 8.74. The topological polar surface area (TPSA) is 75.9 Å². The zero-order chi connectivity index (χ0) is 22.8. The first-order chi connectivity index (χ1) is 14.6. The first kappa shape index (κ1) is 22.2. The van der Waals surface area contributed by atoms with Gasteiger partial charge in [-0.15, -0.1) is 0 Å². The quantitative estimate of drug-likeness (QED) is 0.392. The van der Waals surface area contributed by atoms with Gasteiger partial charge in [0, 0.05) is 44.0 Å². The lowest BCUT2D eigenvalue weighted by Gasteiger charge is -2.36. The lowest BCUT2D eigenvalue weighted by molar-refractivity contribution is -0.384. The number of non-ortho nitro benzene ring substituents is 1. The van der Waals surface area contributed by atoms with E-state index >= 15 is 0 Å². The maximum Gasteiger partial charge on any atom is 0.416 e. The van der Waals surface area contributed by atoms with Crippen LogP contribution in [-0.2, 0) is 6.18 Å². The number of piperazine rings is 1. The molecule has 0 radical (unpaired) electrons. The minimum Gasteiger partial charge on any atom is -0.434 e. The SMILES string of the molecule is O=C(c1cc([N+](=O)[O-])ccc1OC(F)F)N1CCN(c2ccc(C(F)(F)F)cc2)CC1. The van der Waals surface area contributed by atoms with E-state index in [4.69, 9.17) is 0 Å². The van der Waals surface area contributed by atoms with Crippen LogP contribution in [0.15, 0.2) is 42.5 Å². The number of carbonyl (C=O) groups is 1. The summed E-state index contributed by atoms with van der Waals surface area (Å²) in [6, 6.07) is 7.36. The summed E-state index contributed by atoms with van der Waals surface area (Å²) < 4.78 is 67.7. The van der Waals surface area contributed by atoms with Gasteiger partial charge in [0.2, 0.25) is 0 Å². The van der Waals surface area contributed by atoms with Crippen molar-refractivity contribution in [2.45, 2.75) is 12.8 Å². The van der Waals surface area contributed by atoms with Crippen LogP contribution >= 0.6 is 0 Å². The number of ether oxygens (including phenoxy) is 1. The number of rotatable bonds is 5. The summed E-state index contributed by atoms with van der Waals surface area (Å²) in [7, 11) is 0. The number of halogens is 5. The number of carbonyl (C=O) groups excluding carboxylic acids is 1. The number of anilines is 1. The van der Waals surface area contributed by atoms with Crippen molar-refractivity contribution in [3.05, 3.63) is 63.7 Å². The smallest absolute Gasteiger partial charge is 0.416 e. The highest BCUT2D eigenvalue weighted by molar-refractivity contribution is 5.97. The van der Waals surface area contributed by atoms with Crippen molar-refractivity contribution in [3.63, 3.8) is 0 Å². The van der Waals surface area contributed by atoms with Crippen LogP contribution in [0.4, 0.5) is 33.3 Å². The van der Waals surface area contributed by atoms with Gasteiger partial charge in [-0.2, -0.15) is 22.0 Å². The molecule has 0 bridgehead atoms. The molecule has 0 aromatic heterocycles. The summed E-state index contributed by atoms with van der Waals surface area (Å²) in [4.78, 5) is 26.1. The Bertz CT molecular complexity index is 958. The van der Waals surface area contributed by atoms with Crippen LogP contribution in [-0.4, -0.2) is 48.5 Å². The van der Waals surface area contributed by atoms with Gasteiger partial charge in [-0.25, -0.2) is 0 Å². The van der Waals surface area contributed by atoms with E-state index < -0.39 is 40.6 Å². The molecule has 0 unspecified atom stereocenters. The standard InChI is InChI=1S/C19H16F5N3O4/c20-18(21)31-16-6-5-14(27(29)30)11-15(16)17(28)26-9-7-25(8-10-26)13-3-1-12(2-4-13)19(22,23)24/h1-6,11,18H,7-10H2. The van der Waals surface area contributed by atoms with Gasteiger partial charge in [0.25, 0.3) is 11.6 Å². The number of nitro groups is 1. The normalized spacial score (nSPS) is 14.6. The summed E-state index contributed by atoms with van der Waals surface area (Å²) in [6.45, 7) is -2.40. The third kappa shape index (κ3) is 5.19. The monoisotopic (exact) mass is 445 g/mol. The van der Waals surface area contributed by atoms with Crippen LogP contribution in [0.5, 0.6) is 5.75 Å². The van der Waals surface area contributed by atoms with Crippen LogP contribution in [0.2, 0.25) is 0 Å². The van der Waals surface area contributed by atoms with Gasteiger partial charge in [-0.1, -0.05) is 0 Å². The Morgan fingerprint density at radius 3 is 2.16 bits per heavy atom. The first-order valence-electron chi connectivity index (χ1n) is 9.01. The number of hydrogen-bond donors (Lipinski definition) is 0. The van der Waals surface area contributed by atoms with Crippen molar-refractivity contribution in [1.82, 2.24) is 4.90 Å². The van der Waals surface area contributed by atoms with Gasteiger partial charge in [0.15, 0.2) is 0 Å². The summed E-state index contributed by atoms with van der Waals surface area (Å²) >= 11 is 0. The van der Waals surface area contributed by atoms with Gasteiger partial charge >= 0.3 is 12.8 Å². The van der Waals surface area contributed by atoms with E-state index in [0.29, 0.717) is 5.69 Å². The molecule has 31 heavy (non-hydrogen) atoms. The Morgan fingerprint density at radius 2 is 1.65 bits per heavy atom. The molecule has 166 valence electrons. The van der Waals surface area contributed by atoms with E-state index in [1.807, 2.05) is 0 Å². The lowest BCUT2D eigenvalue weighted by atomic mass is 10.1. The summed E-state index contributed by atoms with van der Waals surface area (Å²) in [5.41, 5.74) is -1.05. The van der Waals surface area contributed by atoms with Crippen LogP contribution < -0.4 is 9.64 Å². The average molecular weight is 445 g/mol. The van der Waals surface area contributed by atoms with Crippen LogP contribution in [0.25, 0.3) is 0 Å². The highest BCUT2D eigenvalue weighted by Gasteiger charge is 2.31. The highest BCUT2D eigenvalue weighted by atomic mass is 19.4. The average Bonchev–Trinajstić information content (AvgIpc) is 2.72. The first-order valence-corrected chi connectivity index (χ1v) is 9.01. The molecule has 0 spiro atoms. The molecular formula is C19H16F5N3O4. The molecule has 12 heteroatoms. The Morgan fingerprint density at radius 1 is 1.03 bits per heavy atom. The zero-order valence-corrected chi connectivity index (χ0v) is 15.8. The van der Waals surface area contributed by atoms with Crippen molar-refractivity contribution < 1.29 is 36.4 Å². The molecule has 0 N–H and O–H groups in total. The molecule has 1 heterocycles. The molecule has 7 nitrogen and oxygen atoms in total. The van der Waals surface area contributed by atoms with Crippen molar-refractivity contribution in [2.75, 3.05) is 31.1 Å². The van der Waals surface area contributed by atoms with Crippen LogP contribution in [0, 0.1) is 10.1 Å². The molecule has 1 saturated heterocycles. The molecule has 1 amide bonds. The van der Waals surface area contributed by atoms with Crippen molar-refractivity contribution >= 4 is 17.3 Å². The number of benzene rings is 2. The number of nitrogens with zero attached hydrogens (tertiary/aromatic N) is 3. The molecule has 1 fully saturated rings. The second-order valence-electron chi connectivity index (χ2n) is 6.64. The van der Waals surface area contributed by atoms with Crippen molar-refractivity contribution in [3.8, 4) is 5.75 Å². The van der Waals surface area contributed by atoms with Crippen molar-refractivity contribution in [1.29, 1.82) is 0 Å². The van der Waals surface area contributed by atoms with E-state index in [2.05, 4.69) is 4.74 Å². The van der Waals surface area contributed by atoms with Gasteiger partial charge < -0.3 is 14.5 Å². The second-order valence-corrected chi connectivity index (χ2v) is 6.64. The Hall–Kier alpha value is -3.44. The maximum absolute atomic E-state index is 12.8. The molecule has 1 aliphatic heterocycles. The number of nitro benzene ring substituents is 1. The lowest BCUT2D eigenvalue weighted by Crippen LogP contribution is -2.48. The van der Waals surface area contributed by atoms with Crippen molar-refractivity contribution in [2.24, 2.45) is 0 Å². The van der Waals surface area contributed by atoms with E-state index in [1.54, 1.807) is 4.90 Å². The molecule has 1 aliphatic rings. The summed E-state index contributed by atoms with van der Waals surface area (Å²) in [6.07, 6.45) is -4.44. The Kier molecular flexibility index (Phi) is 6.27. The van der Waals surface area contributed by atoms with Gasteiger partial charge in [0.1, 0.15) is 5.75 Å². The highest BCUT2D eigenvalue weighted by Crippen LogP contribution is 2.31. The van der Waals surface area contributed by atoms with Gasteiger partial charge in [-0.05, 0) is 30.3 Å². The molecule has 2 aromatic rings. The van der Waals surface area contributed by atoms with Gasteiger partial charge in [-0.3, -0.25) is 14.9 Å². The number of hydrogen-bond acceptors (Lipinski definition) is 5. The molecule has 3 rings (SSSR count). The fraction of sp³-hybridized carbons (Fsp3) is 0.316. The predicted molar refractivity (Wildman–Crippen MR) is 99.3 cm³/mol. The molecule has 0 saturated carbocycles. The number of amides is 1. The minimum atomic E-state index is -4.44. The summed E-state index contributed by atoms with van der Waals surface area (Å²) in [5.74, 6) is -1.19. The molecular weight excluding hydrogens is 429 g/mol. The van der Waals surface area contributed by atoms with E-state index in [0.717, 1.165) is 30.3 Å². The predicted octanol–water partition coefficient (Wildman–Crippen LogP) is 4.18. The fourth-order valence-corrected chi connectivity index (χ4v) is 3.20.